The number of rotatable bonds is 5. The summed E-state index contributed by atoms with van der Waals surface area (Å²) in [6.07, 6.45) is 1.75. The van der Waals surface area contributed by atoms with E-state index in [1.807, 2.05) is 36.4 Å². The highest BCUT2D eigenvalue weighted by atomic mass is 16.5. The normalized spacial score (nSPS) is 15.2. The highest BCUT2D eigenvalue weighted by molar-refractivity contribution is 6.32. The molecule has 0 spiro atoms. The maximum absolute atomic E-state index is 12.8. The molecule has 134 valence electrons. The van der Waals surface area contributed by atoms with E-state index in [4.69, 9.17) is 14.2 Å². The number of carbonyl (C=O) groups excluding carboxylic acids is 1. The lowest BCUT2D eigenvalue weighted by atomic mass is 10.1. The fourth-order valence-corrected chi connectivity index (χ4v) is 2.82. The van der Waals surface area contributed by atoms with Crippen molar-refractivity contribution >= 4 is 23.4 Å². The summed E-state index contributed by atoms with van der Waals surface area (Å²) in [6.45, 7) is 1.81. The molecule has 0 aliphatic carbocycles. The van der Waals surface area contributed by atoms with Gasteiger partial charge in [0.15, 0.2) is 11.5 Å². The van der Waals surface area contributed by atoms with Crippen molar-refractivity contribution < 1.29 is 19.0 Å². The fraction of sp³-hybridized carbons (Fsp3) is 0.200. The van der Waals surface area contributed by atoms with Gasteiger partial charge in [0.2, 0.25) is 5.75 Å². The van der Waals surface area contributed by atoms with Crippen molar-refractivity contribution in [3.8, 4) is 17.2 Å². The first-order valence-electron chi connectivity index (χ1n) is 8.06. The number of hydrogen-bond acceptors (Lipinski definition) is 5. The van der Waals surface area contributed by atoms with Crippen LogP contribution in [0.15, 0.2) is 53.1 Å². The minimum absolute atomic E-state index is 0.189. The number of hydrogen-bond donors (Lipinski definition) is 0. The zero-order valence-electron chi connectivity index (χ0n) is 15.1. The van der Waals surface area contributed by atoms with Crippen molar-refractivity contribution in [2.45, 2.75) is 6.92 Å². The van der Waals surface area contributed by atoms with Gasteiger partial charge in [-0.3, -0.25) is 4.79 Å². The highest BCUT2D eigenvalue weighted by Crippen LogP contribution is 2.41. The SMILES string of the molecule is COc1ccc(C=C2C(=O)N(c3ccccc3)N=C2C)c(OC)c1OC. The van der Waals surface area contributed by atoms with Gasteiger partial charge < -0.3 is 14.2 Å². The van der Waals surface area contributed by atoms with Crippen molar-refractivity contribution in [3.05, 3.63) is 53.6 Å². The number of carbonyl (C=O) groups is 1. The van der Waals surface area contributed by atoms with E-state index in [9.17, 15) is 4.79 Å². The maximum atomic E-state index is 12.8. The Labute approximate surface area is 152 Å². The summed E-state index contributed by atoms with van der Waals surface area (Å²) >= 11 is 0. The largest absolute Gasteiger partial charge is 0.493 e. The molecule has 0 atom stereocenters. The van der Waals surface area contributed by atoms with Crippen LogP contribution in [0.25, 0.3) is 6.08 Å². The summed E-state index contributed by atoms with van der Waals surface area (Å²) in [6, 6.07) is 12.9. The Kier molecular flexibility index (Phi) is 4.93. The number of hydrazone groups is 1. The lowest BCUT2D eigenvalue weighted by Gasteiger charge is -2.14. The molecule has 6 nitrogen and oxygen atoms in total. The number of methoxy groups -OCH3 is 3. The Morgan fingerprint density at radius 3 is 2.23 bits per heavy atom. The molecule has 1 amide bonds. The van der Waals surface area contributed by atoms with E-state index in [0.717, 1.165) is 5.69 Å². The minimum Gasteiger partial charge on any atom is -0.493 e. The molecule has 2 aromatic carbocycles. The molecule has 0 unspecified atom stereocenters. The van der Waals surface area contributed by atoms with Crippen LogP contribution in [0.1, 0.15) is 12.5 Å². The molecule has 6 heteroatoms. The molecule has 0 radical (unpaired) electrons. The molecule has 0 saturated carbocycles. The lowest BCUT2D eigenvalue weighted by molar-refractivity contribution is -0.114. The Morgan fingerprint density at radius 1 is 0.923 bits per heavy atom. The molecule has 0 aromatic heterocycles. The van der Waals surface area contributed by atoms with E-state index in [2.05, 4.69) is 5.10 Å². The van der Waals surface area contributed by atoms with Gasteiger partial charge >= 0.3 is 0 Å². The monoisotopic (exact) mass is 352 g/mol. The van der Waals surface area contributed by atoms with E-state index in [1.165, 1.54) is 5.01 Å². The van der Waals surface area contributed by atoms with Crippen molar-refractivity contribution in [1.82, 2.24) is 0 Å². The fourth-order valence-electron chi connectivity index (χ4n) is 2.82. The van der Waals surface area contributed by atoms with Gasteiger partial charge in [0.05, 0.1) is 38.3 Å². The highest BCUT2D eigenvalue weighted by Gasteiger charge is 2.29. The van der Waals surface area contributed by atoms with Crippen LogP contribution in [0.3, 0.4) is 0 Å². The van der Waals surface area contributed by atoms with Gasteiger partial charge in [0.1, 0.15) is 0 Å². The third-order valence-corrected chi connectivity index (χ3v) is 4.10. The standard InChI is InChI=1S/C20H20N2O4/c1-13-16(20(23)22(21-13)15-8-6-5-7-9-15)12-14-10-11-17(24-2)19(26-4)18(14)25-3/h5-12H,1-4H3. The molecule has 0 saturated heterocycles. The van der Waals surface area contributed by atoms with Gasteiger partial charge in [-0.25, -0.2) is 0 Å². The van der Waals surface area contributed by atoms with Gasteiger partial charge in [0.25, 0.3) is 5.91 Å². The van der Waals surface area contributed by atoms with Gasteiger partial charge in [-0.2, -0.15) is 10.1 Å². The van der Waals surface area contributed by atoms with Crippen LogP contribution >= 0.6 is 0 Å². The maximum Gasteiger partial charge on any atom is 0.280 e. The Balaban J connectivity index is 2.03. The summed E-state index contributed by atoms with van der Waals surface area (Å²) in [4.78, 5) is 12.8. The Bertz CT molecular complexity index is 888. The zero-order chi connectivity index (χ0) is 18.7. The zero-order valence-corrected chi connectivity index (χ0v) is 15.1. The molecular weight excluding hydrogens is 332 g/mol. The Hall–Kier alpha value is -3.28. The van der Waals surface area contributed by atoms with E-state index in [0.29, 0.717) is 34.1 Å². The van der Waals surface area contributed by atoms with Crippen LogP contribution in [-0.4, -0.2) is 32.9 Å². The van der Waals surface area contributed by atoms with Crippen LogP contribution in [0.2, 0.25) is 0 Å². The quantitative estimate of drug-likeness (QED) is 0.773. The van der Waals surface area contributed by atoms with Crippen LogP contribution in [0.5, 0.6) is 17.2 Å². The topological polar surface area (TPSA) is 60.4 Å². The van der Waals surface area contributed by atoms with E-state index < -0.39 is 0 Å². The number of amides is 1. The first-order chi connectivity index (χ1) is 12.6. The number of ether oxygens (including phenoxy) is 3. The summed E-state index contributed by atoms with van der Waals surface area (Å²) in [5.41, 5.74) is 2.56. The van der Waals surface area contributed by atoms with Gasteiger partial charge in [-0.1, -0.05) is 18.2 Å². The molecule has 2 aromatic rings. The minimum atomic E-state index is -0.189. The van der Waals surface area contributed by atoms with Crippen molar-refractivity contribution in [3.63, 3.8) is 0 Å². The van der Waals surface area contributed by atoms with E-state index in [1.54, 1.807) is 40.4 Å². The second-order valence-electron chi connectivity index (χ2n) is 5.62. The first kappa shape index (κ1) is 17.5. The van der Waals surface area contributed by atoms with Gasteiger partial charge in [0, 0.05) is 5.56 Å². The summed E-state index contributed by atoms with van der Waals surface area (Å²) in [5.74, 6) is 1.34. The first-order valence-corrected chi connectivity index (χ1v) is 8.06. The second-order valence-corrected chi connectivity index (χ2v) is 5.62. The average Bonchev–Trinajstić information content (AvgIpc) is 2.96. The Morgan fingerprint density at radius 2 is 1.62 bits per heavy atom. The number of nitrogens with zero attached hydrogens (tertiary/aromatic N) is 2. The van der Waals surface area contributed by atoms with Crippen LogP contribution in [0.4, 0.5) is 5.69 Å². The van der Waals surface area contributed by atoms with Crippen LogP contribution < -0.4 is 19.2 Å². The van der Waals surface area contributed by atoms with Gasteiger partial charge in [-0.15, -0.1) is 0 Å². The van der Waals surface area contributed by atoms with Crippen molar-refractivity contribution in [2.75, 3.05) is 26.3 Å². The molecule has 0 N–H and O–H groups in total. The molecular formula is C20H20N2O4. The van der Waals surface area contributed by atoms with Gasteiger partial charge in [-0.05, 0) is 37.3 Å². The molecule has 1 aliphatic heterocycles. The third-order valence-electron chi connectivity index (χ3n) is 4.10. The summed E-state index contributed by atoms with van der Waals surface area (Å²) in [7, 11) is 4.65. The third kappa shape index (κ3) is 3.01. The van der Waals surface area contributed by atoms with E-state index >= 15 is 0 Å². The number of para-hydroxylation sites is 1. The number of benzene rings is 2. The van der Waals surface area contributed by atoms with Crippen LogP contribution in [-0.2, 0) is 4.79 Å². The van der Waals surface area contributed by atoms with E-state index in [-0.39, 0.29) is 5.91 Å². The molecule has 1 heterocycles. The summed E-state index contributed by atoms with van der Waals surface area (Å²) < 4.78 is 16.2. The predicted octanol–water partition coefficient (Wildman–Crippen LogP) is 3.52. The number of anilines is 1. The lowest BCUT2D eigenvalue weighted by Crippen LogP contribution is -2.21. The smallest absolute Gasteiger partial charge is 0.280 e. The molecule has 0 fully saturated rings. The van der Waals surface area contributed by atoms with Crippen molar-refractivity contribution in [1.29, 1.82) is 0 Å². The second kappa shape index (κ2) is 7.31. The predicted molar refractivity (Wildman–Crippen MR) is 101 cm³/mol. The molecule has 3 rings (SSSR count). The summed E-state index contributed by atoms with van der Waals surface area (Å²) in [5, 5.41) is 5.78. The molecule has 1 aliphatic rings. The van der Waals surface area contributed by atoms with Crippen LogP contribution in [0, 0.1) is 0 Å². The van der Waals surface area contributed by atoms with Crippen molar-refractivity contribution in [2.24, 2.45) is 5.10 Å². The average molecular weight is 352 g/mol. The molecule has 0 bridgehead atoms. The molecule has 26 heavy (non-hydrogen) atoms.